The van der Waals surface area contributed by atoms with Crippen molar-refractivity contribution in [2.75, 3.05) is 20.1 Å². The van der Waals surface area contributed by atoms with E-state index in [9.17, 15) is 0 Å². The van der Waals surface area contributed by atoms with Gasteiger partial charge in [-0.2, -0.15) is 0 Å². The van der Waals surface area contributed by atoms with Crippen molar-refractivity contribution >= 4 is 29.9 Å². The fourth-order valence-electron chi connectivity index (χ4n) is 2.31. The summed E-state index contributed by atoms with van der Waals surface area (Å²) in [5, 5.41) is 6.80. The number of aliphatic imine (C=N–C) groups is 1. The SMILES string of the molecule is CCCCNC(=NC)NCC1(C)CCCC1.I. The average Bonchev–Trinajstić information content (AvgIpc) is 2.71. The first kappa shape index (κ1) is 17.0. The van der Waals surface area contributed by atoms with Crippen LogP contribution in [0.4, 0.5) is 0 Å². The van der Waals surface area contributed by atoms with Gasteiger partial charge in [0.25, 0.3) is 0 Å². The van der Waals surface area contributed by atoms with E-state index in [0.29, 0.717) is 5.41 Å². The van der Waals surface area contributed by atoms with Crippen molar-refractivity contribution in [1.82, 2.24) is 10.6 Å². The Bertz CT molecular complexity index is 223. The van der Waals surface area contributed by atoms with E-state index < -0.39 is 0 Å². The van der Waals surface area contributed by atoms with Gasteiger partial charge in [-0.05, 0) is 24.7 Å². The number of hydrogen-bond donors (Lipinski definition) is 2. The van der Waals surface area contributed by atoms with Crippen LogP contribution in [0.1, 0.15) is 52.4 Å². The summed E-state index contributed by atoms with van der Waals surface area (Å²) in [7, 11) is 1.85. The van der Waals surface area contributed by atoms with Gasteiger partial charge in [-0.3, -0.25) is 4.99 Å². The highest BCUT2D eigenvalue weighted by atomic mass is 127. The van der Waals surface area contributed by atoms with Gasteiger partial charge in [-0.1, -0.05) is 33.1 Å². The average molecular weight is 353 g/mol. The molecule has 4 heteroatoms. The van der Waals surface area contributed by atoms with Crippen molar-refractivity contribution < 1.29 is 0 Å². The normalized spacial score (nSPS) is 18.6. The number of rotatable bonds is 5. The molecule has 0 aliphatic heterocycles. The molecule has 0 aromatic carbocycles. The first-order valence-electron chi connectivity index (χ1n) is 6.65. The maximum atomic E-state index is 4.25. The van der Waals surface area contributed by atoms with Crippen LogP contribution in [0.25, 0.3) is 0 Å². The van der Waals surface area contributed by atoms with E-state index in [1.54, 1.807) is 0 Å². The summed E-state index contributed by atoms with van der Waals surface area (Å²) in [5.41, 5.74) is 0.488. The summed E-state index contributed by atoms with van der Waals surface area (Å²) in [5.74, 6) is 0.960. The minimum atomic E-state index is 0. The fourth-order valence-corrected chi connectivity index (χ4v) is 2.31. The van der Waals surface area contributed by atoms with E-state index >= 15 is 0 Å². The van der Waals surface area contributed by atoms with E-state index in [2.05, 4.69) is 29.5 Å². The predicted octanol–water partition coefficient (Wildman–Crippen LogP) is 3.15. The standard InChI is InChI=1S/C13H27N3.HI/c1-4-5-10-15-12(14-3)16-11-13(2)8-6-7-9-13;/h4-11H2,1-3H3,(H2,14,15,16);1H. The molecule has 0 aromatic heterocycles. The summed E-state index contributed by atoms with van der Waals surface area (Å²) in [6.45, 7) is 6.66. The van der Waals surface area contributed by atoms with Gasteiger partial charge < -0.3 is 10.6 Å². The Hall–Kier alpha value is 0. The second kappa shape index (κ2) is 9.00. The summed E-state index contributed by atoms with van der Waals surface area (Å²) >= 11 is 0. The van der Waals surface area contributed by atoms with Gasteiger partial charge in [0.2, 0.25) is 0 Å². The second-order valence-corrected chi connectivity index (χ2v) is 5.22. The number of hydrogen-bond acceptors (Lipinski definition) is 1. The van der Waals surface area contributed by atoms with Crippen LogP contribution >= 0.6 is 24.0 Å². The molecule has 17 heavy (non-hydrogen) atoms. The van der Waals surface area contributed by atoms with E-state index in [1.165, 1.54) is 38.5 Å². The van der Waals surface area contributed by atoms with Gasteiger partial charge in [-0.15, -0.1) is 24.0 Å². The lowest BCUT2D eigenvalue weighted by Crippen LogP contribution is -2.42. The predicted molar refractivity (Wildman–Crippen MR) is 86.3 cm³/mol. The van der Waals surface area contributed by atoms with Crippen LogP contribution in [-0.2, 0) is 0 Å². The monoisotopic (exact) mass is 353 g/mol. The zero-order valence-corrected chi connectivity index (χ0v) is 13.8. The Balaban J connectivity index is 0.00000256. The molecule has 0 aromatic rings. The molecule has 1 rings (SSSR count). The first-order valence-corrected chi connectivity index (χ1v) is 6.65. The number of unbranched alkanes of at least 4 members (excludes halogenated alkanes) is 1. The van der Waals surface area contributed by atoms with Crippen molar-refractivity contribution in [2.24, 2.45) is 10.4 Å². The smallest absolute Gasteiger partial charge is 0.190 e. The van der Waals surface area contributed by atoms with E-state index in [-0.39, 0.29) is 24.0 Å². The molecule has 0 atom stereocenters. The molecule has 0 heterocycles. The van der Waals surface area contributed by atoms with Gasteiger partial charge in [0, 0.05) is 20.1 Å². The molecule has 0 spiro atoms. The Morgan fingerprint density at radius 2 is 1.88 bits per heavy atom. The highest BCUT2D eigenvalue weighted by Gasteiger charge is 2.28. The van der Waals surface area contributed by atoms with Crippen molar-refractivity contribution in [2.45, 2.75) is 52.4 Å². The van der Waals surface area contributed by atoms with Gasteiger partial charge in [0.1, 0.15) is 0 Å². The first-order chi connectivity index (χ1) is 7.70. The van der Waals surface area contributed by atoms with Gasteiger partial charge in [-0.25, -0.2) is 0 Å². The van der Waals surface area contributed by atoms with Crippen LogP contribution in [0.5, 0.6) is 0 Å². The number of nitrogens with zero attached hydrogens (tertiary/aromatic N) is 1. The highest BCUT2D eigenvalue weighted by molar-refractivity contribution is 14.0. The van der Waals surface area contributed by atoms with Crippen LogP contribution < -0.4 is 10.6 Å². The number of nitrogens with one attached hydrogen (secondary N) is 2. The largest absolute Gasteiger partial charge is 0.356 e. The van der Waals surface area contributed by atoms with E-state index in [4.69, 9.17) is 0 Å². The summed E-state index contributed by atoms with van der Waals surface area (Å²) in [4.78, 5) is 4.25. The molecule has 1 fully saturated rings. The molecule has 0 saturated heterocycles. The molecule has 1 saturated carbocycles. The Labute approximate surface area is 123 Å². The number of guanidine groups is 1. The lowest BCUT2D eigenvalue weighted by atomic mass is 9.89. The Kier molecular flexibility index (Phi) is 9.00. The molecule has 0 bridgehead atoms. The minimum absolute atomic E-state index is 0. The molecule has 1 aliphatic carbocycles. The molecule has 0 unspecified atom stereocenters. The highest BCUT2D eigenvalue weighted by Crippen LogP contribution is 2.36. The number of halogens is 1. The maximum Gasteiger partial charge on any atom is 0.190 e. The molecule has 0 radical (unpaired) electrons. The van der Waals surface area contributed by atoms with Crippen LogP contribution in [0.15, 0.2) is 4.99 Å². The third-order valence-electron chi connectivity index (χ3n) is 3.54. The summed E-state index contributed by atoms with van der Waals surface area (Å²) in [6, 6.07) is 0. The zero-order chi connectivity index (χ0) is 11.9. The van der Waals surface area contributed by atoms with Crippen LogP contribution in [0.3, 0.4) is 0 Å². The Morgan fingerprint density at radius 3 is 2.41 bits per heavy atom. The topological polar surface area (TPSA) is 36.4 Å². The van der Waals surface area contributed by atoms with Crippen LogP contribution in [0.2, 0.25) is 0 Å². The van der Waals surface area contributed by atoms with Crippen molar-refractivity contribution in [1.29, 1.82) is 0 Å². The molecule has 1 aliphatic rings. The third-order valence-corrected chi connectivity index (χ3v) is 3.54. The Morgan fingerprint density at radius 1 is 1.24 bits per heavy atom. The van der Waals surface area contributed by atoms with Gasteiger partial charge >= 0.3 is 0 Å². The quantitative estimate of drug-likeness (QED) is 0.345. The molecule has 0 amide bonds. The van der Waals surface area contributed by atoms with Crippen molar-refractivity contribution in [3.63, 3.8) is 0 Å². The second-order valence-electron chi connectivity index (χ2n) is 5.22. The molecular weight excluding hydrogens is 325 g/mol. The lowest BCUT2D eigenvalue weighted by Gasteiger charge is -2.25. The van der Waals surface area contributed by atoms with Gasteiger partial charge in [0.05, 0.1) is 0 Å². The molecular formula is C13H28IN3. The van der Waals surface area contributed by atoms with E-state index in [1.807, 2.05) is 7.05 Å². The van der Waals surface area contributed by atoms with Crippen molar-refractivity contribution in [3.8, 4) is 0 Å². The van der Waals surface area contributed by atoms with Gasteiger partial charge in [0.15, 0.2) is 5.96 Å². The third kappa shape index (κ3) is 6.48. The maximum absolute atomic E-state index is 4.25. The lowest BCUT2D eigenvalue weighted by molar-refractivity contribution is 0.334. The summed E-state index contributed by atoms with van der Waals surface area (Å²) in [6.07, 6.45) is 7.91. The molecule has 102 valence electrons. The summed E-state index contributed by atoms with van der Waals surface area (Å²) < 4.78 is 0. The molecule has 3 nitrogen and oxygen atoms in total. The zero-order valence-electron chi connectivity index (χ0n) is 11.5. The van der Waals surface area contributed by atoms with E-state index in [0.717, 1.165) is 19.0 Å². The minimum Gasteiger partial charge on any atom is -0.356 e. The van der Waals surface area contributed by atoms with Crippen LogP contribution in [0, 0.1) is 5.41 Å². The fraction of sp³-hybridized carbons (Fsp3) is 0.923. The van der Waals surface area contributed by atoms with Crippen molar-refractivity contribution in [3.05, 3.63) is 0 Å². The molecule has 2 N–H and O–H groups in total. The van der Waals surface area contributed by atoms with Crippen LogP contribution in [-0.4, -0.2) is 26.1 Å².